The highest BCUT2D eigenvalue weighted by atomic mass is 19.1. The van der Waals surface area contributed by atoms with Crippen molar-refractivity contribution < 1.29 is 4.39 Å². The minimum Gasteiger partial charge on any atom is -0.399 e. The average molecular weight is 237 g/mol. The van der Waals surface area contributed by atoms with Gasteiger partial charge in [-0.2, -0.15) is 0 Å². The standard InChI is InChI=1S/C13H20FN3/c1-10(9-17-4-2-3-5-17)16-13-7-11(14)6-12(15)8-13/h6-8,10,16H,2-5,9,15H2,1H3. The molecule has 1 aromatic rings. The van der Waals surface area contributed by atoms with Crippen LogP contribution in [0.5, 0.6) is 0 Å². The van der Waals surface area contributed by atoms with Gasteiger partial charge in [-0.05, 0) is 51.1 Å². The number of likely N-dealkylation sites (tertiary alicyclic amines) is 1. The Bertz CT molecular complexity index is 355. The predicted molar refractivity (Wildman–Crippen MR) is 69.6 cm³/mol. The van der Waals surface area contributed by atoms with Crippen LogP contribution in [0.1, 0.15) is 19.8 Å². The molecule has 17 heavy (non-hydrogen) atoms. The van der Waals surface area contributed by atoms with Crippen LogP contribution in [0.4, 0.5) is 15.8 Å². The van der Waals surface area contributed by atoms with Gasteiger partial charge >= 0.3 is 0 Å². The van der Waals surface area contributed by atoms with Crippen LogP contribution in [-0.2, 0) is 0 Å². The third-order valence-corrected chi connectivity index (χ3v) is 3.06. The van der Waals surface area contributed by atoms with Crippen LogP contribution in [0.3, 0.4) is 0 Å². The molecule has 1 aliphatic rings. The SMILES string of the molecule is CC(CN1CCCC1)Nc1cc(N)cc(F)c1. The molecule has 0 amide bonds. The third-order valence-electron chi connectivity index (χ3n) is 3.06. The highest BCUT2D eigenvalue weighted by Gasteiger charge is 2.14. The van der Waals surface area contributed by atoms with Gasteiger partial charge in [-0.1, -0.05) is 0 Å². The second-order valence-electron chi connectivity index (χ2n) is 4.83. The number of anilines is 2. The number of rotatable bonds is 4. The van der Waals surface area contributed by atoms with Crippen LogP contribution in [0, 0.1) is 5.82 Å². The molecule has 0 radical (unpaired) electrons. The molecule has 1 unspecified atom stereocenters. The first-order chi connectivity index (χ1) is 8.13. The van der Waals surface area contributed by atoms with Crippen LogP contribution in [0.25, 0.3) is 0 Å². The topological polar surface area (TPSA) is 41.3 Å². The number of hydrogen-bond acceptors (Lipinski definition) is 3. The van der Waals surface area contributed by atoms with Crippen molar-refractivity contribution >= 4 is 11.4 Å². The van der Waals surface area contributed by atoms with E-state index in [1.807, 2.05) is 0 Å². The van der Waals surface area contributed by atoms with Gasteiger partial charge in [0.05, 0.1) is 0 Å². The monoisotopic (exact) mass is 237 g/mol. The second kappa shape index (κ2) is 5.36. The van der Waals surface area contributed by atoms with Gasteiger partial charge in [0.2, 0.25) is 0 Å². The molecule has 1 atom stereocenters. The van der Waals surface area contributed by atoms with Gasteiger partial charge in [-0.15, -0.1) is 0 Å². The third kappa shape index (κ3) is 3.60. The molecule has 1 aromatic carbocycles. The van der Waals surface area contributed by atoms with E-state index in [4.69, 9.17) is 5.73 Å². The summed E-state index contributed by atoms with van der Waals surface area (Å²) in [6, 6.07) is 4.88. The van der Waals surface area contributed by atoms with E-state index in [0.717, 1.165) is 12.2 Å². The molecule has 1 saturated heterocycles. The Balaban J connectivity index is 1.90. The Hall–Kier alpha value is -1.29. The van der Waals surface area contributed by atoms with Gasteiger partial charge in [0.1, 0.15) is 5.82 Å². The molecule has 4 heteroatoms. The Morgan fingerprint density at radius 1 is 1.35 bits per heavy atom. The first kappa shape index (κ1) is 12.2. The summed E-state index contributed by atoms with van der Waals surface area (Å²) < 4.78 is 13.2. The number of benzene rings is 1. The Morgan fingerprint density at radius 3 is 2.71 bits per heavy atom. The van der Waals surface area contributed by atoms with Gasteiger partial charge in [-0.3, -0.25) is 0 Å². The first-order valence-corrected chi connectivity index (χ1v) is 6.18. The minimum atomic E-state index is -0.291. The van der Waals surface area contributed by atoms with E-state index in [2.05, 4.69) is 17.1 Å². The van der Waals surface area contributed by atoms with Crippen LogP contribution in [-0.4, -0.2) is 30.6 Å². The van der Waals surface area contributed by atoms with Crippen LogP contribution >= 0.6 is 0 Å². The zero-order valence-electron chi connectivity index (χ0n) is 10.2. The first-order valence-electron chi connectivity index (χ1n) is 6.18. The van der Waals surface area contributed by atoms with E-state index in [-0.39, 0.29) is 5.82 Å². The molecule has 0 spiro atoms. The summed E-state index contributed by atoms with van der Waals surface area (Å²) in [5.41, 5.74) is 6.83. The average Bonchev–Trinajstić information content (AvgIpc) is 2.67. The lowest BCUT2D eigenvalue weighted by Gasteiger charge is -2.22. The largest absolute Gasteiger partial charge is 0.399 e. The van der Waals surface area contributed by atoms with Gasteiger partial charge < -0.3 is 16.0 Å². The van der Waals surface area contributed by atoms with Crippen molar-refractivity contribution in [3.8, 4) is 0 Å². The number of nitrogens with two attached hydrogens (primary N) is 1. The van der Waals surface area contributed by atoms with E-state index >= 15 is 0 Å². The predicted octanol–water partition coefficient (Wildman–Crippen LogP) is 2.30. The summed E-state index contributed by atoms with van der Waals surface area (Å²) in [6.07, 6.45) is 2.58. The highest BCUT2D eigenvalue weighted by molar-refractivity contribution is 5.55. The fraction of sp³-hybridized carbons (Fsp3) is 0.538. The quantitative estimate of drug-likeness (QED) is 0.790. The van der Waals surface area contributed by atoms with Gasteiger partial charge in [0.15, 0.2) is 0 Å². The van der Waals surface area contributed by atoms with Crippen LogP contribution < -0.4 is 11.1 Å². The Labute approximate surface area is 102 Å². The molecule has 3 nitrogen and oxygen atoms in total. The lowest BCUT2D eigenvalue weighted by Crippen LogP contribution is -2.32. The molecular formula is C13H20FN3. The van der Waals surface area contributed by atoms with Crippen molar-refractivity contribution in [1.82, 2.24) is 4.90 Å². The molecule has 2 rings (SSSR count). The summed E-state index contributed by atoms with van der Waals surface area (Å²) in [6.45, 7) is 5.46. The fourth-order valence-corrected chi connectivity index (χ4v) is 2.38. The Kier molecular flexibility index (Phi) is 3.84. The molecule has 0 aliphatic carbocycles. The van der Waals surface area contributed by atoms with E-state index in [9.17, 15) is 4.39 Å². The minimum absolute atomic E-state index is 0.291. The smallest absolute Gasteiger partial charge is 0.127 e. The molecule has 1 aliphatic heterocycles. The number of nitrogens with one attached hydrogen (secondary N) is 1. The lowest BCUT2D eigenvalue weighted by molar-refractivity contribution is 0.328. The van der Waals surface area contributed by atoms with Crippen LogP contribution in [0.15, 0.2) is 18.2 Å². The van der Waals surface area contributed by atoms with Crippen molar-refractivity contribution in [2.45, 2.75) is 25.8 Å². The molecule has 3 N–H and O–H groups in total. The van der Waals surface area contributed by atoms with E-state index in [0.29, 0.717) is 11.7 Å². The van der Waals surface area contributed by atoms with Crippen LogP contribution in [0.2, 0.25) is 0 Å². The lowest BCUT2D eigenvalue weighted by atomic mass is 10.2. The molecule has 1 fully saturated rings. The zero-order valence-corrected chi connectivity index (χ0v) is 10.2. The van der Waals surface area contributed by atoms with E-state index < -0.39 is 0 Å². The van der Waals surface area contributed by atoms with E-state index in [1.54, 1.807) is 6.07 Å². The summed E-state index contributed by atoms with van der Waals surface area (Å²) in [5, 5.41) is 3.29. The van der Waals surface area contributed by atoms with Crippen molar-refractivity contribution in [2.75, 3.05) is 30.7 Å². The Morgan fingerprint density at radius 2 is 2.06 bits per heavy atom. The molecule has 0 bridgehead atoms. The highest BCUT2D eigenvalue weighted by Crippen LogP contribution is 2.17. The van der Waals surface area contributed by atoms with Gasteiger partial charge in [-0.25, -0.2) is 4.39 Å². The van der Waals surface area contributed by atoms with Crippen molar-refractivity contribution in [3.05, 3.63) is 24.0 Å². The maximum atomic E-state index is 13.2. The number of nitrogens with zero attached hydrogens (tertiary/aromatic N) is 1. The molecule has 0 aromatic heterocycles. The van der Waals surface area contributed by atoms with E-state index in [1.165, 1.54) is 38.1 Å². The molecule has 0 saturated carbocycles. The fourth-order valence-electron chi connectivity index (χ4n) is 2.38. The maximum Gasteiger partial charge on any atom is 0.127 e. The number of halogens is 1. The summed E-state index contributed by atoms with van der Waals surface area (Å²) in [7, 11) is 0. The maximum absolute atomic E-state index is 13.2. The van der Waals surface area contributed by atoms with Crippen molar-refractivity contribution in [2.24, 2.45) is 0 Å². The normalized spacial score (nSPS) is 18.2. The summed E-state index contributed by atoms with van der Waals surface area (Å²) in [4.78, 5) is 2.43. The van der Waals surface area contributed by atoms with Crippen molar-refractivity contribution in [1.29, 1.82) is 0 Å². The molecule has 1 heterocycles. The summed E-state index contributed by atoms with van der Waals surface area (Å²) in [5.74, 6) is -0.291. The number of nitrogen functional groups attached to an aromatic ring is 1. The molecule has 94 valence electrons. The summed E-state index contributed by atoms with van der Waals surface area (Å²) >= 11 is 0. The second-order valence-corrected chi connectivity index (χ2v) is 4.83. The van der Waals surface area contributed by atoms with Gasteiger partial charge in [0, 0.05) is 24.0 Å². The number of hydrogen-bond donors (Lipinski definition) is 2. The van der Waals surface area contributed by atoms with Gasteiger partial charge in [0.25, 0.3) is 0 Å². The zero-order chi connectivity index (χ0) is 12.3. The van der Waals surface area contributed by atoms with Crippen molar-refractivity contribution in [3.63, 3.8) is 0 Å². The molecular weight excluding hydrogens is 217 g/mol.